The lowest BCUT2D eigenvalue weighted by atomic mass is 10.3. The Kier molecular flexibility index (Phi) is 8.48. The van der Waals surface area contributed by atoms with Gasteiger partial charge >= 0.3 is 0 Å². The predicted octanol–water partition coefficient (Wildman–Crippen LogP) is 3.27. The number of hydrogen-bond acceptors (Lipinski definition) is 5. The van der Waals surface area contributed by atoms with Gasteiger partial charge in [0, 0.05) is 11.7 Å². The summed E-state index contributed by atoms with van der Waals surface area (Å²) in [6.45, 7) is 6.64. The van der Waals surface area contributed by atoms with E-state index in [0.717, 1.165) is 5.75 Å². The van der Waals surface area contributed by atoms with Crippen molar-refractivity contribution >= 4 is 17.5 Å². The molecule has 2 aromatic rings. The second-order valence-corrected chi connectivity index (χ2v) is 6.97. The van der Waals surface area contributed by atoms with Gasteiger partial charge in [0.25, 0.3) is 0 Å². The molecule has 0 aliphatic rings. The molecule has 0 bridgehead atoms. The summed E-state index contributed by atoms with van der Waals surface area (Å²) in [7, 11) is 1.73. The summed E-state index contributed by atoms with van der Waals surface area (Å²) in [6, 6.07) is 14.6. The van der Waals surface area contributed by atoms with Crippen LogP contribution >= 0.6 is 0 Å². The Morgan fingerprint density at radius 1 is 0.897 bits per heavy atom. The minimum atomic E-state index is -0.190. The molecule has 7 heteroatoms. The van der Waals surface area contributed by atoms with Crippen molar-refractivity contribution in [1.29, 1.82) is 0 Å². The number of rotatable bonds is 10. The van der Waals surface area contributed by atoms with Crippen LogP contribution in [0.5, 0.6) is 17.2 Å². The molecule has 0 aromatic heterocycles. The van der Waals surface area contributed by atoms with Crippen molar-refractivity contribution in [3.05, 3.63) is 48.5 Å². The molecule has 2 rings (SSSR count). The van der Waals surface area contributed by atoms with Crippen LogP contribution in [0.15, 0.2) is 48.5 Å². The molecule has 0 unspecified atom stereocenters. The first kappa shape index (κ1) is 22.2. The number of hydrogen-bond donors (Lipinski definition) is 2. The Balaban J connectivity index is 1.82. The van der Waals surface area contributed by atoms with Crippen molar-refractivity contribution in [1.82, 2.24) is 10.2 Å². The Hall–Kier alpha value is -3.06. The number of amides is 2. The quantitative estimate of drug-likeness (QED) is 0.641. The first-order valence-electron chi connectivity index (χ1n) is 9.64. The molecule has 0 atom stereocenters. The fourth-order valence-electron chi connectivity index (χ4n) is 2.63. The third-order valence-corrected chi connectivity index (χ3v) is 3.79. The van der Waals surface area contributed by atoms with Crippen LogP contribution in [0, 0.1) is 0 Å². The van der Waals surface area contributed by atoms with Crippen LogP contribution in [-0.2, 0) is 9.59 Å². The fourth-order valence-corrected chi connectivity index (χ4v) is 2.63. The highest BCUT2D eigenvalue weighted by Gasteiger charge is 2.11. The molecule has 156 valence electrons. The van der Waals surface area contributed by atoms with Gasteiger partial charge in [-0.2, -0.15) is 0 Å². The molecule has 2 amide bonds. The highest BCUT2D eigenvalue weighted by atomic mass is 16.5. The number of benzene rings is 2. The summed E-state index contributed by atoms with van der Waals surface area (Å²) >= 11 is 0. The molecular weight excluding hydrogens is 370 g/mol. The van der Waals surface area contributed by atoms with E-state index in [0.29, 0.717) is 23.8 Å². The second kappa shape index (κ2) is 11.1. The van der Waals surface area contributed by atoms with E-state index >= 15 is 0 Å². The van der Waals surface area contributed by atoms with Gasteiger partial charge in [-0.15, -0.1) is 0 Å². The SMILES string of the molecule is CCOc1ccc(Oc2ccc(NC(=O)CN(C)CC(=O)NC(C)C)cc2)cc1. The minimum absolute atomic E-state index is 0.0769. The molecular formula is C22H29N3O4. The van der Waals surface area contributed by atoms with E-state index in [1.807, 2.05) is 45.0 Å². The van der Waals surface area contributed by atoms with Gasteiger partial charge in [0.15, 0.2) is 0 Å². The average Bonchev–Trinajstić information content (AvgIpc) is 2.64. The lowest BCUT2D eigenvalue weighted by Crippen LogP contribution is -2.41. The van der Waals surface area contributed by atoms with E-state index in [9.17, 15) is 9.59 Å². The van der Waals surface area contributed by atoms with Gasteiger partial charge in [-0.05, 0) is 76.3 Å². The van der Waals surface area contributed by atoms with Crippen LogP contribution in [0.4, 0.5) is 5.69 Å². The van der Waals surface area contributed by atoms with Crippen molar-refractivity contribution in [3.8, 4) is 17.2 Å². The van der Waals surface area contributed by atoms with Gasteiger partial charge < -0.3 is 20.1 Å². The molecule has 0 aliphatic carbocycles. The molecule has 2 aromatic carbocycles. The molecule has 0 saturated carbocycles. The maximum absolute atomic E-state index is 12.2. The zero-order valence-corrected chi connectivity index (χ0v) is 17.4. The Morgan fingerprint density at radius 3 is 1.97 bits per heavy atom. The van der Waals surface area contributed by atoms with E-state index in [-0.39, 0.29) is 30.9 Å². The van der Waals surface area contributed by atoms with Crippen molar-refractivity contribution in [2.75, 3.05) is 32.1 Å². The topological polar surface area (TPSA) is 79.9 Å². The summed E-state index contributed by atoms with van der Waals surface area (Å²) in [5.41, 5.74) is 0.661. The largest absolute Gasteiger partial charge is 0.494 e. The van der Waals surface area contributed by atoms with Crippen LogP contribution in [0.2, 0.25) is 0 Å². The third-order valence-electron chi connectivity index (χ3n) is 3.79. The van der Waals surface area contributed by atoms with Crippen LogP contribution < -0.4 is 20.1 Å². The summed E-state index contributed by atoms with van der Waals surface area (Å²) < 4.78 is 11.2. The van der Waals surface area contributed by atoms with Crippen molar-refractivity contribution < 1.29 is 19.1 Å². The standard InChI is InChI=1S/C22H29N3O4/c1-5-28-18-10-12-20(13-11-18)29-19-8-6-17(7-9-19)24-22(27)15-25(4)14-21(26)23-16(2)3/h6-13,16H,5,14-15H2,1-4H3,(H,23,26)(H,24,27). The van der Waals surface area contributed by atoms with Crippen molar-refractivity contribution in [3.63, 3.8) is 0 Å². The molecule has 7 nitrogen and oxygen atoms in total. The fraction of sp³-hybridized carbons (Fsp3) is 0.364. The monoisotopic (exact) mass is 399 g/mol. The lowest BCUT2D eigenvalue weighted by Gasteiger charge is -2.17. The summed E-state index contributed by atoms with van der Waals surface area (Å²) in [5, 5.41) is 5.61. The Bertz CT molecular complexity index is 789. The van der Waals surface area contributed by atoms with Gasteiger partial charge in [0.1, 0.15) is 17.2 Å². The molecule has 0 fully saturated rings. The maximum atomic E-state index is 12.2. The molecule has 0 saturated heterocycles. The zero-order chi connectivity index (χ0) is 21.2. The number of nitrogens with one attached hydrogen (secondary N) is 2. The van der Waals surface area contributed by atoms with E-state index in [4.69, 9.17) is 9.47 Å². The van der Waals surface area contributed by atoms with Crippen molar-refractivity contribution in [2.24, 2.45) is 0 Å². The highest BCUT2D eigenvalue weighted by Crippen LogP contribution is 2.25. The number of anilines is 1. The first-order valence-corrected chi connectivity index (χ1v) is 9.64. The van der Waals surface area contributed by atoms with Crippen molar-refractivity contribution in [2.45, 2.75) is 26.8 Å². The number of carbonyl (C=O) groups is 2. The summed E-state index contributed by atoms with van der Waals surface area (Å²) in [6.07, 6.45) is 0. The van der Waals surface area contributed by atoms with E-state index < -0.39 is 0 Å². The molecule has 29 heavy (non-hydrogen) atoms. The minimum Gasteiger partial charge on any atom is -0.494 e. The lowest BCUT2D eigenvalue weighted by molar-refractivity contribution is -0.123. The molecule has 0 heterocycles. The highest BCUT2D eigenvalue weighted by molar-refractivity contribution is 5.92. The molecule has 2 N–H and O–H groups in total. The Morgan fingerprint density at radius 2 is 1.41 bits per heavy atom. The molecule has 0 radical (unpaired) electrons. The van der Waals surface area contributed by atoms with Crippen LogP contribution in [0.25, 0.3) is 0 Å². The van der Waals surface area contributed by atoms with Crippen LogP contribution in [0.3, 0.4) is 0 Å². The summed E-state index contributed by atoms with van der Waals surface area (Å²) in [4.78, 5) is 25.6. The van der Waals surface area contributed by atoms with Gasteiger partial charge in [-0.3, -0.25) is 14.5 Å². The number of likely N-dealkylation sites (N-methyl/N-ethyl adjacent to an activating group) is 1. The normalized spacial score (nSPS) is 10.7. The smallest absolute Gasteiger partial charge is 0.238 e. The van der Waals surface area contributed by atoms with E-state index in [1.165, 1.54) is 0 Å². The number of carbonyl (C=O) groups excluding carboxylic acids is 2. The average molecular weight is 399 g/mol. The number of nitrogens with zero attached hydrogens (tertiary/aromatic N) is 1. The van der Waals surface area contributed by atoms with E-state index in [1.54, 1.807) is 36.2 Å². The van der Waals surface area contributed by atoms with Gasteiger partial charge in [-0.1, -0.05) is 0 Å². The summed E-state index contributed by atoms with van der Waals surface area (Å²) in [5.74, 6) is 1.86. The predicted molar refractivity (Wildman–Crippen MR) is 114 cm³/mol. The van der Waals surface area contributed by atoms with Gasteiger partial charge in [0.2, 0.25) is 11.8 Å². The van der Waals surface area contributed by atoms with Gasteiger partial charge in [-0.25, -0.2) is 0 Å². The third kappa shape index (κ3) is 8.23. The Labute approximate surface area is 172 Å². The zero-order valence-electron chi connectivity index (χ0n) is 17.4. The maximum Gasteiger partial charge on any atom is 0.238 e. The second-order valence-electron chi connectivity index (χ2n) is 6.97. The van der Waals surface area contributed by atoms with Gasteiger partial charge in [0.05, 0.1) is 19.7 Å². The molecule has 0 aliphatic heterocycles. The number of ether oxygens (including phenoxy) is 2. The van der Waals surface area contributed by atoms with E-state index in [2.05, 4.69) is 10.6 Å². The molecule has 0 spiro atoms. The first-order chi connectivity index (χ1) is 13.9. The van der Waals surface area contributed by atoms with Crippen LogP contribution in [-0.4, -0.2) is 49.5 Å². The van der Waals surface area contributed by atoms with Crippen LogP contribution in [0.1, 0.15) is 20.8 Å².